The lowest BCUT2D eigenvalue weighted by Crippen LogP contribution is -2.52. The van der Waals surface area contributed by atoms with Gasteiger partial charge in [-0.2, -0.15) is 9.57 Å². The van der Waals surface area contributed by atoms with E-state index in [1.54, 1.807) is 0 Å². The quantitative estimate of drug-likeness (QED) is 0.810. The lowest BCUT2D eigenvalue weighted by molar-refractivity contribution is 0.283. The number of piperazine rings is 1. The highest BCUT2D eigenvalue weighted by Crippen LogP contribution is 2.20. The fraction of sp³-hybridized carbons (Fsp3) is 0.455. The molecule has 2 heterocycles. The van der Waals surface area contributed by atoms with Crippen molar-refractivity contribution in [1.82, 2.24) is 14.6 Å². The van der Waals surface area contributed by atoms with Gasteiger partial charge in [0, 0.05) is 31.9 Å². The molecule has 1 aromatic rings. The van der Waals surface area contributed by atoms with Crippen molar-refractivity contribution in [3.05, 3.63) is 24.0 Å². The number of hydrogen-bond acceptors (Lipinski definition) is 5. The Morgan fingerprint density at radius 2 is 2.39 bits per heavy atom. The van der Waals surface area contributed by atoms with Gasteiger partial charge >= 0.3 is 0 Å². The number of sulfonamides is 1. The minimum absolute atomic E-state index is 0.0127. The Kier molecular flexibility index (Phi) is 3.61. The molecule has 0 spiro atoms. The van der Waals surface area contributed by atoms with Crippen LogP contribution in [0.3, 0.4) is 0 Å². The lowest BCUT2D eigenvalue weighted by Gasteiger charge is -2.32. The van der Waals surface area contributed by atoms with Gasteiger partial charge in [0.05, 0.1) is 0 Å². The zero-order chi connectivity index (χ0) is 13.2. The van der Waals surface area contributed by atoms with Gasteiger partial charge in [0.2, 0.25) is 10.0 Å². The number of aromatic nitrogens is 1. The first kappa shape index (κ1) is 13.0. The third-order valence-corrected chi connectivity index (χ3v) is 4.95. The summed E-state index contributed by atoms with van der Waals surface area (Å²) in [4.78, 5) is 3.79. The molecule has 18 heavy (non-hydrogen) atoms. The summed E-state index contributed by atoms with van der Waals surface area (Å²) in [6.07, 6.45) is 1.42. The number of pyridine rings is 1. The Bertz CT molecular complexity index is 579. The molecule has 1 N–H and O–H groups in total. The number of nitrogens with zero attached hydrogens (tertiary/aromatic N) is 3. The first-order valence-corrected chi connectivity index (χ1v) is 7.09. The van der Waals surface area contributed by atoms with Crippen molar-refractivity contribution in [2.24, 2.45) is 0 Å². The van der Waals surface area contributed by atoms with Crippen LogP contribution in [0.25, 0.3) is 0 Å². The SMILES string of the molecule is C[C@H]1CNCCN1S(=O)(=O)c1cccnc1C#N. The van der Waals surface area contributed by atoms with Crippen molar-refractivity contribution in [1.29, 1.82) is 5.26 Å². The van der Waals surface area contributed by atoms with Crippen LogP contribution < -0.4 is 5.32 Å². The highest BCUT2D eigenvalue weighted by atomic mass is 32.2. The van der Waals surface area contributed by atoms with Crippen molar-refractivity contribution in [2.45, 2.75) is 17.9 Å². The van der Waals surface area contributed by atoms with Gasteiger partial charge in [-0.05, 0) is 19.1 Å². The van der Waals surface area contributed by atoms with Crippen molar-refractivity contribution in [2.75, 3.05) is 19.6 Å². The van der Waals surface area contributed by atoms with E-state index in [9.17, 15) is 8.42 Å². The maximum atomic E-state index is 12.5. The van der Waals surface area contributed by atoms with Crippen molar-refractivity contribution in [3.8, 4) is 6.07 Å². The third kappa shape index (κ3) is 2.22. The average molecular weight is 266 g/mol. The Hall–Kier alpha value is -1.49. The molecule has 0 bridgehead atoms. The van der Waals surface area contributed by atoms with Crippen LogP contribution in [-0.2, 0) is 10.0 Å². The van der Waals surface area contributed by atoms with Crippen LogP contribution in [0.5, 0.6) is 0 Å². The molecule has 1 fully saturated rings. The van der Waals surface area contributed by atoms with Crippen molar-refractivity contribution >= 4 is 10.0 Å². The largest absolute Gasteiger partial charge is 0.314 e. The zero-order valence-corrected chi connectivity index (χ0v) is 10.8. The first-order chi connectivity index (χ1) is 8.57. The molecule has 0 unspecified atom stereocenters. The lowest BCUT2D eigenvalue weighted by atomic mass is 10.3. The van der Waals surface area contributed by atoms with Gasteiger partial charge in [0.1, 0.15) is 11.0 Å². The highest BCUT2D eigenvalue weighted by Gasteiger charge is 2.32. The standard InChI is InChI=1S/C11H14N4O2S/c1-9-8-13-5-6-15(9)18(16,17)11-3-2-4-14-10(11)7-12/h2-4,9,13H,5-6,8H2,1H3/t9-/m0/s1. The topological polar surface area (TPSA) is 86.1 Å². The molecule has 2 rings (SSSR count). The van der Waals surface area contributed by atoms with E-state index in [0.29, 0.717) is 19.6 Å². The van der Waals surface area contributed by atoms with Gasteiger partial charge in [-0.25, -0.2) is 13.4 Å². The van der Waals surface area contributed by atoms with E-state index in [1.807, 2.05) is 13.0 Å². The molecule has 96 valence electrons. The van der Waals surface area contributed by atoms with Crippen LogP contribution in [0.1, 0.15) is 12.6 Å². The Morgan fingerprint density at radius 3 is 3.06 bits per heavy atom. The van der Waals surface area contributed by atoms with Crippen LogP contribution in [0.2, 0.25) is 0 Å². The summed E-state index contributed by atoms with van der Waals surface area (Å²) in [6.45, 7) is 3.47. The maximum Gasteiger partial charge on any atom is 0.246 e. The predicted octanol–water partition coefficient (Wildman–Crippen LogP) is -0.0643. The van der Waals surface area contributed by atoms with Gasteiger partial charge in [0.25, 0.3) is 0 Å². The maximum absolute atomic E-state index is 12.5. The second-order valence-electron chi connectivity index (χ2n) is 4.13. The van der Waals surface area contributed by atoms with E-state index in [4.69, 9.17) is 5.26 Å². The van der Waals surface area contributed by atoms with Gasteiger partial charge in [-0.3, -0.25) is 0 Å². The van der Waals surface area contributed by atoms with Crippen LogP contribution in [0.4, 0.5) is 0 Å². The van der Waals surface area contributed by atoms with Crippen LogP contribution in [-0.4, -0.2) is 43.4 Å². The predicted molar refractivity (Wildman–Crippen MR) is 65.2 cm³/mol. The van der Waals surface area contributed by atoms with E-state index in [0.717, 1.165) is 0 Å². The second-order valence-corrected chi connectivity index (χ2v) is 5.99. The fourth-order valence-electron chi connectivity index (χ4n) is 1.99. The molecule has 0 aromatic carbocycles. The van der Waals surface area contributed by atoms with Gasteiger partial charge < -0.3 is 5.32 Å². The third-order valence-electron chi connectivity index (χ3n) is 2.90. The first-order valence-electron chi connectivity index (χ1n) is 5.65. The molecule has 1 aromatic heterocycles. The molecule has 0 radical (unpaired) electrons. The molecule has 1 aliphatic heterocycles. The van der Waals surface area contributed by atoms with Crippen molar-refractivity contribution in [3.63, 3.8) is 0 Å². The Balaban J connectivity index is 2.45. The normalized spacial score (nSPS) is 21.4. The van der Waals surface area contributed by atoms with E-state index < -0.39 is 10.0 Å². The zero-order valence-electron chi connectivity index (χ0n) is 10.00. The summed E-state index contributed by atoms with van der Waals surface area (Å²) in [6, 6.07) is 4.65. The van der Waals surface area contributed by atoms with E-state index in [1.165, 1.54) is 22.6 Å². The molecular formula is C11H14N4O2S. The average Bonchev–Trinajstić information content (AvgIpc) is 2.39. The highest BCUT2D eigenvalue weighted by molar-refractivity contribution is 7.89. The second kappa shape index (κ2) is 5.02. The summed E-state index contributed by atoms with van der Waals surface area (Å²) < 4.78 is 26.4. The minimum atomic E-state index is -3.65. The molecule has 6 nitrogen and oxygen atoms in total. The molecule has 1 atom stereocenters. The van der Waals surface area contributed by atoms with Gasteiger partial charge in [-0.15, -0.1) is 0 Å². The van der Waals surface area contributed by atoms with E-state index >= 15 is 0 Å². The Morgan fingerprint density at radius 1 is 1.61 bits per heavy atom. The summed E-state index contributed by atoms with van der Waals surface area (Å²) in [5.74, 6) is 0. The summed E-state index contributed by atoms with van der Waals surface area (Å²) >= 11 is 0. The van der Waals surface area contributed by atoms with E-state index in [2.05, 4.69) is 10.3 Å². The molecular weight excluding hydrogens is 252 g/mol. The van der Waals surface area contributed by atoms with Crippen LogP contribution >= 0.6 is 0 Å². The number of rotatable bonds is 2. The Labute approximate surface area is 106 Å². The molecule has 1 saturated heterocycles. The van der Waals surface area contributed by atoms with Crippen molar-refractivity contribution < 1.29 is 8.42 Å². The van der Waals surface area contributed by atoms with Crippen LogP contribution in [0.15, 0.2) is 23.2 Å². The molecule has 0 amide bonds. The summed E-state index contributed by atoms with van der Waals surface area (Å²) in [5, 5.41) is 12.1. The smallest absolute Gasteiger partial charge is 0.246 e. The fourth-order valence-corrected chi connectivity index (χ4v) is 3.71. The van der Waals surface area contributed by atoms with Gasteiger partial charge in [-0.1, -0.05) is 0 Å². The van der Waals surface area contributed by atoms with Crippen LogP contribution in [0, 0.1) is 11.3 Å². The monoisotopic (exact) mass is 266 g/mol. The summed E-state index contributed by atoms with van der Waals surface area (Å²) in [7, 11) is -3.65. The number of nitriles is 1. The summed E-state index contributed by atoms with van der Waals surface area (Å²) in [5.41, 5.74) is -0.0526. The molecule has 1 aliphatic rings. The number of hydrogen-bond donors (Lipinski definition) is 1. The minimum Gasteiger partial charge on any atom is -0.314 e. The molecule has 7 heteroatoms. The molecule has 0 saturated carbocycles. The molecule has 0 aliphatic carbocycles. The number of nitrogens with one attached hydrogen (secondary N) is 1. The van der Waals surface area contributed by atoms with E-state index in [-0.39, 0.29) is 16.6 Å². The van der Waals surface area contributed by atoms with Gasteiger partial charge in [0.15, 0.2) is 5.69 Å².